The molecule has 0 saturated carbocycles. The first-order valence-electron chi connectivity index (χ1n) is 3.97. The smallest absolute Gasteiger partial charge is 0.323 e. The highest BCUT2D eigenvalue weighted by molar-refractivity contribution is 9.10. The summed E-state index contributed by atoms with van der Waals surface area (Å²) in [6.45, 7) is 1.84. The Kier molecular flexibility index (Phi) is 3.60. The van der Waals surface area contributed by atoms with Gasteiger partial charge in [0, 0.05) is 20.8 Å². The monoisotopic (exact) mass is 287 g/mol. The lowest BCUT2D eigenvalue weighted by Crippen LogP contribution is -2.09. The van der Waals surface area contributed by atoms with E-state index >= 15 is 0 Å². The molecule has 80 valence electrons. The minimum Gasteiger partial charge on any atom is -0.323 e. The van der Waals surface area contributed by atoms with Crippen molar-refractivity contribution in [2.24, 2.45) is 5.73 Å². The summed E-state index contributed by atoms with van der Waals surface area (Å²) in [5.41, 5.74) is 5.03. The maximum absolute atomic E-state index is 12.4. The van der Waals surface area contributed by atoms with Crippen LogP contribution in [0.15, 0.2) is 9.85 Å². The lowest BCUT2D eigenvalue weighted by atomic mass is 10.2. The van der Waals surface area contributed by atoms with Crippen LogP contribution in [0.25, 0.3) is 0 Å². The van der Waals surface area contributed by atoms with E-state index in [0.717, 1.165) is 16.7 Å². The Balaban J connectivity index is 3.09. The molecule has 0 aromatic carbocycles. The number of nitrogens with two attached hydrogens (primary N) is 1. The normalized spacial score (nSPS) is 14.4. The number of rotatable bonds is 2. The molecule has 1 atom stereocenters. The highest BCUT2D eigenvalue weighted by Crippen LogP contribution is 2.42. The van der Waals surface area contributed by atoms with Gasteiger partial charge in [0.1, 0.15) is 0 Å². The van der Waals surface area contributed by atoms with Crippen molar-refractivity contribution >= 4 is 27.3 Å². The lowest BCUT2D eigenvalue weighted by Gasteiger charge is -2.08. The fraction of sp³-hybridized carbons (Fsp3) is 0.500. The van der Waals surface area contributed by atoms with Gasteiger partial charge >= 0.3 is 6.18 Å². The van der Waals surface area contributed by atoms with E-state index in [2.05, 4.69) is 15.9 Å². The third-order valence-corrected chi connectivity index (χ3v) is 4.07. The lowest BCUT2D eigenvalue weighted by molar-refractivity contribution is -0.137. The predicted molar refractivity (Wildman–Crippen MR) is 54.2 cm³/mol. The third kappa shape index (κ3) is 2.29. The largest absolute Gasteiger partial charge is 0.418 e. The van der Waals surface area contributed by atoms with Crippen molar-refractivity contribution in [2.45, 2.75) is 25.6 Å². The van der Waals surface area contributed by atoms with Crippen LogP contribution in [0.3, 0.4) is 0 Å². The average molecular weight is 288 g/mol. The van der Waals surface area contributed by atoms with Crippen LogP contribution in [0, 0.1) is 0 Å². The fourth-order valence-electron chi connectivity index (χ4n) is 0.985. The molecule has 0 aliphatic rings. The summed E-state index contributed by atoms with van der Waals surface area (Å²) in [4.78, 5) is 0.555. The molecule has 2 N–H and O–H groups in total. The van der Waals surface area contributed by atoms with Gasteiger partial charge in [-0.2, -0.15) is 13.2 Å². The van der Waals surface area contributed by atoms with Crippen molar-refractivity contribution in [3.8, 4) is 0 Å². The summed E-state index contributed by atoms with van der Waals surface area (Å²) >= 11 is 3.98. The molecule has 0 radical (unpaired) electrons. The van der Waals surface area contributed by atoms with Crippen LogP contribution in [-0.4, -0.2) is 0 Å². The van der Waals surface area contributed by atoms with Crippen molar-refractivity contribution in [3.63, 3.8) is 0 Å². The fourth-order valence-corrected chi connectivity index (χ4v) is 3.10. The van der Waals surface area contributed by atoms with Crippen LogP contribution in [0.1, 0.15) is 29.8 Å². The molecule has 0 saturated heterocycles. The maximum atomic E-state index is 12.4. The standard InChI is InChI=1S/C8H9BrF3NS/c1-2-5(13)7-6(9)4(3-14-7)8(10,11)12/h3,5H,2,13H2,1H3. The number of halogens is 4. The van der Waals surface area contributed by atoms with Crippen molar-refractivity contribution in [2.75, 3.05) is 0 Å². The summed E-state index contributed by atoms with van der Waals surface area (Å²) in [7, 11) is 0. The summed E-state index contributed by atoms with van der Waals surface area (Å²) in [6, 6.07) is -0.328. The molecule has 1 unspecified atom stereocenters. The predicted octanol–water partition coefficient (Wildman–Crippen LogP) is 3.94. The van der Waals surface area contributed by atoms with E-state index in [1.165, 1.54) is 0 Å². The quantitative estimate of drug-likeness (QED) is 0.876. The first-order chi connectivity index (χ1) is 6.38. The molecule has 6 heteroatoms. The van der Waals surface area contributed by atoms with Crippen molar-refractivity contribution in [3.05, 3.63) is 20.3 Å². The molecule has 0 bridgehead atoms. The molecular weight excluding hydrogens is 279 g/mol. The van der Waals surface area contributed by atoms with E-state index in [0.29, 0.717) is 11.3 Å². The zero-order chi connectivity index (χ0) is 10.9. The van der Waals surface area contributed by atoms with Gasteiger partial charge in [-0.05, 0) is 22.4 Å². The minimum absolute atomic E-state index is 0.0874. The van der Waals surface area contributed by atoms with E-state index in [-0.39, 0.29) is 10.5 Å². The summed E-state index contributed by atoms with van der Waals surface area (Å²) in [5, 5.41) is 1.09. The van der Waals surface area contributed by atoms with E-state index < -0.39 is 11.7 Å². The average Bonchev–Trinajstić information content (AvgIpc) is 2.45. The molecule has 0 aliphatic carbocycles. The molecular formula is C8H9BrF3NS. The highest BCUT2D eigenvalue weighted by Gasteiger charge is 2.35. The Morgan fingerprint density at radius 1 is 1.57 bits per heavy atom. The molecule has 14 heavy (non-hydrogen) atoms. The van der Waals surface area contributed by atoms with Crippen LogP contribution in [0.2, 0.25) is 0 Å². The van der Waals surface area contributed by atoms with Crippen LogP contribution in [0.4, 0.5) is 13.2 Å². The number of thiophene rings is 1. The summed E-state index contributed by atoms with van der Waals surface area (Å²) in [6.07, 6.45) is -3.68. The van der Waals surface area contributed by atoms with Crippen LogP contribution in [-0.2, 0) is 6.18 Å². The maximum Gasteiger partial charge on any atom is 0.418 e. The molecule has 1 nitrogen and oxygen atoms in total. The number of hydrogen-bond acceptors (Lipinski definition) is 2. The zero-order valence-electron chi connectivity index (χ0n) is 7.36. The Labute approximate surface area is 92.2 Å². The molecule has 0 spiro atoms. The Bertz CT molecular complexity index is 321. The van der Waals surface area contributed by atoms with Gasteiger partial charge in [-0.25, -0.2) is 0 Å². The SMILES string of the molecule is CCC(N)c1scc(C(F)(F)F)c1Br. The zero-order valence-corrected chi connectivity index (χ0v) is 9.76. The van der Waals surface area contributed by atoms with Gasteiger partial charge in [0.25, 0.3) is 0 Å². The van der Waals surface area contributed by atoms with E-state index in [1.807, 2.05) is 6.92 Å². The second kappa shape index (κ2) is 4.20. The van der Waals surface area contributed by atoms with Gasteiger partial charge in [-0.1, -0.05) is 6.92 Å². The van der Waals surface area contributed by atoms with Crippen molar-refractivity contribution in [1.29, 1.82) is 0 Å². The minimum atomic E-state index is -4.30. The highest BCUT2D eigenvalue weighted by atomic mass is 79.9. The first-order valence-corrected chi connectivity index (χ1v) is 5.64. The topological polar surface area (TPSA) is 26.0 Å². The van der Waals surface area contributed by atoms with Crippen molar-refractivity contribution in [1.82, 2.24) is 0 Å². The molecule has 0 aliphatic heterocycles. The van der Waals surface area contributed by atoms with Crippen molar-refractivity contribution < 1.29 is 13.2 Å². The van der Waals surface area contributed by atoms with E-state index in [4.69, 9.17) is 5.73 Å². The number of hydrogen-bond donors (Lipinski definition) is 1. The second-order valence-corrected chi connectivity index (χ2v) is 4.54. The molecule has 0 fully saturated rings. The molecule has 1 rings (SSSR count). The van der Waals surface area contributed by atoms with Crippen LogP contribution in [0.5, 0.6) is 0 Å². The first kappa shape index (κ1) is 12.0. The molecule has 1 heterocycles. The van der Waals surface area contributed by atoms with Gasteiger partial charge in [0.05, 0.1) is 5.56 Å². The van der Waals surface area contributed by atoms with Gasteiger partial charge in [0.2, 0.25) is 0 Å². The van der Waals surface area contributed by atoms with Gasteiger partial charge in [-0.15, -0.1) is 11.3 Å². The number of alkyl halides is 3. The second-order valence-electron chi connectivity index (χ2n) is 2.84. The van der Waals surface area contributed by atoms with Gasteiger partial charge in [0.15, 0.2) is 0 Å². The van der Waals surface area contributed by atoms with Crippen LogP contribution >= 0.6 is 27.3 Å². The Morgan fingerprint density at radius 3 is 2.50 bits per heavy atom. The Hall–Kier alpha value is -0.0700. The molecule has 1 aromatic rings. The summed E-state index contributed by atoms with van der Waals surface area (Å²) in [5.74, 6) is 0. The molecule has 1 aromatic heterocycles. The third-order valence-electron chi connectivity index (χ3n) is 1.84. The molecule has 0 amide bonds. The summed E-state index contributed by atoms with van der Waals surface area (Å²) < 4.78 is 37.2. The Morgan fingerprint density at radius 2 is 2.14 bits per heavy atom. The van der Waals surface area contributed by atoms with Gasteiger partial charge in [-0.3, -0.25) is 0 Å². The van der Waals surface area contributed by atoms with Gasteiger partial charge < -0.3 is 5.73 Å². The van der Waals surface area contributed by atoms with E-state index in [1.54, 1.807) is 0 Å². The van der Waals surface area contributed by atoms with E-state index in [9.17, 15) is 13.2 Å². The van der Waals surface area contributed by atoms with Crippen LogP contribution < -0.4 is 5.73 Å².